The smallest absolute Gasteiger partial charge is 0.330 e. The lowest BCUT2D eigenvalue weighted by Crippen LogP contribution is -2.15. The molecule has 0 aromatic carbocycles. The molecule has 0 fully saturated rings. The van der Waals surface area contributed by atoms with E-state index in [2.05, 4.69) is 47.1 Å². The Morgan fingerprint density at radius 2 is 1.27 bits per heavy atom. The lowest BCUT2D eigenvalue weighted by molar-refractivity contribution is -0.144. The summed E-state index contributed by atoms with van der Waals surface area (Å²) >= 11 is 0. The van der Waals surface area contributed by atoms with E-state index in [1.54, 1.807) is 0 Å². The lowest BCUT2D eigenvalue weighted by atomic mass is 10.2. The number of hydrogen-bond acceptors (Lipinski definition) is 5. The topological polar surface area (TPSA) is 89.9 Å². The molecule has 0 saturated carbocycles. The third kappa shape index (κ3) is 40.3. The molecule has 0 aromatic heterocycles. The summed E-state index contributed by atoms with van der Waals surface area (Å²) in [4.78, 5) is 30.6. The molecule has 0 heterocycles. The highest BCUT2D eigenvalue weighted by atomic mass is 16.5. The van der Waals surface area contributed by atoms with Gasteiger partial charge in [-0.3, -0.25) is 0 Å². The van der Waals surface area contributed by atoms with Crippen molar-refractivity contribution < 1.29 is 29.0 Å². The summed E-state index contributed by atoms with van der Waals surface area (Å²) in [6, 6.07) is 0. The minimum Gasteiger partial charge on any atom is -0.478 e. The second-order valence-electron chi connectivity index (χ2n) is 7.03. The van der Waals surface area contributed by atoms with Crippen molar-refractivity contribution in [3.63, 3.8) is 0 Å². The molecule has 0 aromatic rings. The van der Waals surface area contributed by atoms with E-state index in [9.17, 15) is 14.4 Å². The summed E-state index contributed by atoms with van der Waals surface area (Å²) in [6.45, 7) is 23.5. The third-order valence-corrected chi connectivity index (χ3v) is 3.90. The average Bonchev–Trinajstić information content (AvgIpc) is 2.81. The maximum atomic E-state index is 10.7. The molecule has 0 spiro atoms. The van der Waals surface area contributed by atoms with Gasteiger partial charge in [0.2, 0.25) is 0 Å². The first kappa shape index (κ1) is 37.7. The van der Waals surface area contributed by atoms with E-state index in [-0.39, 0.29) is 24.1 Å². The number of aliphatic carboxylic acids is 1. The SMILES string of the molecule is C=CC(=O)O.C=CC(=O)OC(C)CCCC.C=CC(=O)OC(CC)CCC.C=CCCCC. The van der Waals surface area contributed by atoms with E-state index in [1.807, 2.05) is 19.9 Å². The standard InChI is InChI=1S/2C9H16O2.C6H12.C3H4O2/c1-4-6-7-8(3)11-9(10)5-2;1-4-7-8(5-2)11-9(10)6-3;1-3-5-6-4-2;1-2-3(4)5/h5,8H,2,4,6-7H2,1,3H3;6,8H,3-5,7H2,1-2H3;3H,1,4-6H2,2H3;2H,1H2,(H,4,5). The fourth-order valence-corrected chi connectivity index (χ4v) is 2.03. The number of carboxylic acid groups (broad SMARTS) is 1. The van der Waals surface area contributed by atoms with Crippen LogP contribution < -0.4 is 0 Å². The molecule has 0 aliphatic carbocycles. The molecule has 33 heavy (non-hydrogen) atoms. The second kappa shape index (κ2) is 31.6. The Hall–Kier alpha value is -2.63. The fraction of sp³-hybridized carbons (Fsp3) is 0.593. The van der Waals surface area contributed by atoms with Crippen molar-refractivity contribution in [2.24, 2.45) is 0 Å². The van der Waals surface area contributed by atoms with Gasteiger partial charge in [-0.2, -0.15) is 0 Å². The van der Waals surface area contributed by atoms with Gasteiger partial charge in [0.15, 0.2) is 0 Å². The van der Waals surface area contributed by atoms with Gasteiger partial charge < -0.3 is 14.6 Å². The number of ether oxygens (including phenoxy) is 2. The Morgan fingerprint density at radius 1 is 0.788 bits per heavy atom. The Balaban J connectivity index is -0.000000179. The van der Waals surface area contributed by atoms with Crippen molar-refractivity contribution in [2.45, 2.75) is 105 Å². The van der Waals surface area contributed by atoms with E-state index in [1.165, 1.54) is 31.4 Å². The molecule has 0 aliphatic heterocycles. The molecule has 0 saturated heterocycles. The number of carboxylic acids is 1. The van der Waals surface area contributed by atoms with Crippen molar-refractivity contribution in [2.75, 3.05) is 0 Å². The van der Waals surface area contributed by atoms with Crippen molar-refractivity contribution in [3.05, 3.63) is 50.6 Å². The fourth-order valence-electron chi connectivity index (χ4n) is 2.03. The lowest BCUT2D eigenvalue weighted by Gasteiger charge is -2.13. The monoisotopic (exact) mass is 468 g/mol. The van der Waals surface area contributed by atoms with Crippen LogP contribution in [0.25, 0.3) is 0 Å². The maximum Gasteiger partial charge on any atom is 0.330 e. The zero-order valence-corrected chi connectivity index (χ0v) is 21.6. The zero-order chi connectivity index (χ0) is 26.5. The second-order valence-corrected chi connectivity index (χ2v) is 7.03. The van der Waals surface area contributed by atoms with Crippen LogP contribution in [0.3, 0.4) is 0 Å². The Kier molecular flexibility index (Phi) is 36.0. The quantitative estimate of drug-likeness (QED) is 0.125. The minimum absolute atomic E-state index is 0.0282. The molecule has 192 valence electrons. The molecule has 2 atom stereocenters. The number of carbonyl (C=O) groups excluding carboxylic acids is 2. The summed E-state index contributed by atoms with van der Waals surface area (Å²) in [7, 11) is 0. The number of hydrogen-bond donors (Lipinski definition) is 1. The summed E-state index contributed by atoms with van der Waals surface area (Å²) in [6.07, 6.45) is 15.1. The normalized spacial score (nSPS) is 10.6. The molecule has 0 radical (unpaired) electrons. The summed E-state index contributed by atoms with van der Waals surface area (Å²) in [5.74, 6) is -1.62. The van der Waals surface area contributed by atoms with Gasteiger partial charge in [0.25, 0.3) is 0 Å². The molecular formula is C27H48O6. The van der Waals surface area contributed by atoms with Crippen LogP contribution >= 0.6 is 0 Å². The molecule has 0 rings (SSSR count). The highest BCUT2D eigenvalue weighted by Crippen LogP contribution is 2.06. The van der Waals surface area contributed by atoms with E-state index < -0.39 is 5.97 Å². The Labute approximate surface area is 202 Å². The van der Waals surface area contributed by atoms with E-state index >= 15 is 0 Å². The third-order valence-electron chi connectivity index (χ3n) is 3.90. The van der Waals surface area contributed by atoms with Crippen molar-refractivity contribution >= 4 is 17.9 Å². The van der Waals surface area contributed by atoms with E-state index in [0.717, 1.165) is 44.6 Å². The van der Waals surface area contributed by atoms with Crippen molar-refractivity contribution in [3.8, 4) is 0 Å². The van der Waals surface area contributed by atoms with Crippen LogP contribution in [0.1, 0.15) is 92.4 Å². The molecular weight excluding hydrogens is 420 g/mol. The molecule has 0 amide bonds. The molecule has 6 nitrogen and oxygen atoms in total. The van der Waals surface area contributed by atoms with Crippen LogP contribution in [-0.2, 0) is 23.9 Å². The highest BCUT2D eigenvalue weighted by molar-refractivity contribution is 5.81. The van der Waals surface area contributed by atoms with Gasteiger partial charge >= 0.3 is 17.9 Å². The molecule has 1 N–H and O–H groups in total. The maximum absolute atomic E-state index is 10.7. The average molecular weight is 469 g/mol. The van der Waals surface area contributed by atoms with Crippen LogP contribution in [0.15, 0.2) is 50.6 Å². The van der Waals surface area contributed by atoms with Gasteiger partial charge in [0.05, 0.1) is 6.10 Å². The Bertz CT molecular complexity index is 525. The van der Waals surface area contributed by atoms with Crippen LogP contribution in [0.4, 0.5) is 0 Å². The number of rotatable bonds is 14. The van der Waals surface area contributed by atoms with Crippen LogP contribution in [-0.4, -0.2) is 35.2 Å². The molecule has 0 bridgehead atoms. The largest absolute Gasteiger partial charge is 0.478 e. The van der Waals surface area contributed by atoms with Gasteiger partial charge in [-0.25, -0.2) is 14.4 Å². The first-order valence-corrected chi connectivity index (χ1v) is 11.8. The summed E-state index contributed by atoms with van der Waals surface area (Å²) in [5, 5.41) is 7.60. The number of esters is 2. The first-order chi connectivity index (χ1) is 15.6. The number of unbranched alkanes of at least 4 members (excludes halogenated alkanes) is 3. The van der Waals surface area contributed by atoms with Crippen LogP contribution in [0.5, 0.6) is 0 Å². The predicted octanol–water partition coefficient (Wildman–Crippen LogP) is 7.21. The van der Waals surface area contributed by atoms with Crippen LogP contribution in [0, 0.1) is 0 Å². The number of allylic oxidation sites excluding steroid dienone is 1. The summed E-state index contributed by atoms with van der Waals surface area (Å²) in [5.41, 5.74) is 0. The predicted molar refractivity (Wildman–Crippen MR) is 138 cm³/mol. The van der Waals surface area contributed by atoms with E-state index in [4.69, 9.17) is 14.6 Å². The van der Waals surface area contributed by atoms with Gasteiger partial charge in [0.1, 0.15) is 6.10 Å². The highest BCUT2D eigenvalue weighted by Gasteiger charge is 2.07. The summed E-state index contributed by atoms with van der Waals surface area (Å²) < 4.78 is 9.98. The van der Waals surface area contributed by atoms with Gasteiger partial charge in [-0.15, -0.1) is 6.58 Å². The van der Waals surface area contributed by atoms with Crippen LogP contribution in [0.2, 0.25) is 0 Å². The van der Waals surface area contributed by atoms with Gasteiger partial charge in [-0.05, 0) is 32.6 Å². The van der Waals surface area contributed by atoms with E-state index in [0.29, 0.717) is 0 Å². The molecule has 6 heteroatoms. The minimum atomic E-state index is -0.981. The number of carbonyl (C=O) groups is 3. The van der Waals surface area contributed by atoms with Crippen molar-refractivity contribution in [1.82, 2.24) is 0 Å². The zero-order valence-electron chi connectivity index (χ0n) is 21.6. The van der Waals surface area contributed by atoms with Gasteiger partial charge in [-0.1, -0.05) is 85.6 Å². The Morgan fingerprint density at radius 3 is 1.58 bits per heavy atom. The van der Waals surface area contributed by atoms with Gasteiger partial charge in [0, 0.05) is 18.2 Å². The molecule has 2 unspecified atom stereocenters. The first-order valence-electron chi connectivity index (χ1n) is 11.8. The molecule has 0 aliphatic rings. The van der Waals surface area contributed by atoms with Crippen molar-refractivity contribution in [1.29, 1.82) is 0 Å².